The van der Waals surface area contributed by atoms with E-state index >= 15 is 0 Å². The van der Waals surface area contributed by atoms with Gasteiger partial charge >= 0.3 is 0 Å². The summed E-state index contributed by atoms with van der Waals surface area (Å²) in [6.07, 6.45) is 3.41. The molecular weight excluding hydrogens is 300 g/mol. The standard InChI is InChI=1S/C17H28N2O2.ClH/c1-4-11-17(3,18)16(20)19-12-5-6-13-21-15-9-7-14(2)8-10-15;/h7-10H,4-6,11-13,18H2,1-3H3,(H,19,20);1H. The molecule has 1 atom stereocenters. The molecule has 0 fully saturated rings. The van der Waals surface area contributed by atoms with E-state index in [4.69, 9.17) is 10.5 Å². The number of hydrogen-bond donors (Lipinski definition) is 2. The predicted octanol–water partition coefficient (Wildman–Crippen LogP) is 3.21. The van der Waals surface area contributed by atoms with Crippen molar-refractivity contribution >= 4 is 18.3 Å². The van der Waals surface area contributed by atoms with Crippen LogP contribution in [0.25, 0.3) is 0 Å². The molecule has 22 heavy (non-hydrogen) atoms. The van der Waals surface area contributed by atoms with Crippen LogP contribution in [0.2, 0.25) is 0 Å². The largest absolute Gasteiger partial charge is 0.494 e. The fraction of sp³-hybridized carbons (Fsp3) is 0.588. The zero-order valence-electron chi connectivity index (χ0n) is 13.9. The summed E-state index contributed by atoms with van der Waals surface area (Å²) in [7, 11) is 0. The molecule has 0 aliphatic rings. The Kier molecular flexibility index (Phi) is 9.86. The fourth-order valence-electron chi connectivity index (χ4n) is 2.09. The van der Waals surface area contributed by atoms with Gasteiger partial charge in [0.25, 0.3) is 0 Å². The lowest BCUT2D eigenvalue weighted by atomic mass is 9.96. The molecule has 1 rings (SSSR count). The van der Waals surface area contributed by atoms with E-state index in [1.807, 2.05) is 31.2 Å². The summed E-state index contributed by atoms with van der Waals surface area (Å²) in [5.41, 5.74) is 6.43. The lowest BCUT2D eigenvalue weighted by molar-refractivity contribution is -0.126. The second-order valence-corrected chi connectivity index (χ2v) is 5.79. The van der Waals surface area contributed by atoms with Crippen LogP contribution in [0.3, 0.4) is 0 Å². The van der Waals surface area contributed by atoms with Crippen molar-refractivity contribution in [3.05, 3.63) is 29.8 Å². The first-order valence-corrected chi connectivity index (χ1v) is 7.72. The quantitative estimate of drug-likeness (QED) is 0.684. The van der Waals surface area contributed by atoms with Crippen LogP contribution in [0.1, 0.15) is 45.1 Å². The van der Waals surface area contributed by atoms with Crippen molar-refractivity contribution in [3.63, 3.8) is 0 Å². The maximum absolute atomic E-state index is 11.9. The number of carbonyl (C=O) groups is 1. The van der Waals surface area contributed by atoms with Crippen LogP contribution in [0.4, 0.5) is 0 Å². The highest BCUT2D eigenvalue weighted by atomic mass is 35.5. The maximum Gasteiger partial charge on any atom is 0.239 e. The topological polar surface area (TPSA) is 64.4 Å². The van der Waals surface area contributed by atoms with Gasteiger partial charge in [-0.1, -0.05) is 31.0 Å². The van der Waals surface area contributed by atoms with E-state index < -0.39 is 5.54 Å². The number of rotatable bonds is 9. The minimum absolute atomic E-state index is 0. The smallest absolute Gasteiger partial charge is 0.239 e. The zero-order valence-corrected chi connectivity index (χ0v) is 14.7. The maximum atomic E-state index is 11.9. The van der Waals surface area contributed by atoms with Gasteiger partial charge in [0.1, 0.15) is 5.75 Å². The summed E-state index contributed by atoms with van der Waals surface area (Å²) in [5.74, 6) is 0.825. The van der Waals surface area contributed by atoms with Crippen molar-refractivity contribution in [1.29, 1.82) is 0 Å². The molecular formula is C17H29ClN2O2. The molecule has 1 amide bonds. The Morgan fingerprint density at radius 3 is 2.50 bits per heavy atom. The lowest BCUT2D eigenvalue weighted by Gasteiger charge is -2.22. The molecule has 0 spiro atoms. The molecule has 0 saturated carbocycles. The summed E-state index contributed by atoms with van der Waals surface area (Å²) < 4.78 is 5.64. The molecule has 126 valence electrons. The Morgan fingerprint density at radius 1 is 1.27 bits per heavy atom. The van der Waals surface area contributed by atoms with Crippen LogP contribution in [-0.4, -0.2) is 24.6 Å². The molecule has 3 N–H and O–H groups in total. The number of amides is 1. The molecule has 1 aromatic carbocycles. The average Bonchev–Trinajstić information content (AvgIpc) is 2.44. The molecule has 5 heteroatoms. The highest BCUT2D eigenvalue weighted by molar-refractivity contribution is 5.85. The van der Waals surface area contributed by atoms with Crippen LogP contribution in [-0.2, 0) is 4.79 Å². The van der Waals surface area contributed by atoms with Gasteiger partial charge < -0.3 is 15.8 Å². The number of nitrogens with two attached hydrogens (primary N) is 1. The number of hydrogen-bond acceptors (Lipinski definition) is 3. The van der Waals surface area contributed by atoms with Crippen molar-refractivity contribution in [3.8, 4) is 5.75 Å². The third kappa shape index (κ3) is 7.66. The summed E-state index contributed by atoms with van der Waals surface area (Å²) >= 11 is 0. The minimum atomic E-state index is -0.757. The van der Waals surface area contributed by atoms with Crippen molar-refractivity contribution in [2.24, 2.45) is 5.73 Å². The second-order valence-electron chi connectivity index (χ2n) is 5.79. The van der Waals surface area contributed by atoms with Crippen LogP contribution < -0.4 is 15.8 Å². The van der Waals surface area contributed by atoms with Gasteiger partial charge in [-0.15, -0.1) is 12.4 Å². The van der Waals surface area contributed by atoms with E-state index in [9.17, 15) is 4.79 Å². The summed E-state index contributed by atoms with van der Waals surface area (Å²) in [5, 5.41) is 2.89. The van der Waals surface area contributed by atoms with Gasteiger partial charge in [0.05, 0.1) is 12.1 Å². The molecule has 0 radical (unpaired) electrons. The van der Waals surface area contributed by atoms with Crippen molar-refractivity contribution < 1.29 is 9.53 Å². The third-order valence-corrected chi connectivity index (χ3v) is 3.43. The number of ether oxygens (including phenoxy) is 1. The van der Waals surface area contributed by atoms with Gasteiger partial charge in [0.15, 0.2) is 0 Å². The van der Waals surface area contributed by atoms with Crippen LogP contribution in [0, 0.1) is 6.92 Å². The van der Waals surface area contributed by atoms with Gasteiger partial charge in [0, 0.05) is 6.54 Å². The number of benzene rings is 1. The SMILES string of the molecule is CCCC(C)(N)C(=O)NCCCCOc1ccc(C)cc1.Cl. The van der Waals surface area contributed by atoms with Crippen LogP contribution in [0.15, 0.2) is 24.3 Å². The molecule has 0 aliphatic carbocycles. The van der Waals surface area contributed by atoms with Crippen LogP contribution >= 0.6 is 12.4 Å². The van der Waals surface area contributed by atoms with Crippen molar-refractivity contribution in [2.75, 3.05) is 13.2 Å². The minimum Gasteiger partial charge on any atom is -0.494 e. The summed E-state index contributed by atoms with van der Waals surface area (Å²) in [6, 6.07) is 8.01. The second kappa shape index (κ2) is 10.5. The van der Waals surface area contributed by atoms with Crippen molar-refractivity contribution in [2.45, 2.75) is 52.0 Å². The summed E-state index contributed by atoms with van der Waals surface area (Å²) in [4.78, 5) is 11.9. The average molecular weight is 329 g/mol. The van der Waals surface area contributed by atoms with E-state index in [1.54, 1.807) is 6.92 Å². The van der Waals surface area contributed by atoms with Crippen LogP contribution in [0.5, 0.6) is 5.75 Å². The number of carbonyl (C=O) groups excluding carboxylic acids is 1. The van der Waals surface area contributed by atoms with Gasteiger partial charge in [-0.25, -0.2) is 0 Å². The number of unbranched alkanes of at least 4 members (excludes halogenated alkanes) is 1. The first kappa shape index (κ1) is 20.7. The molecule has 0 heterocycles. The molecule has 1 unspecified atom stereocenters. The number of aryl methyl sites for hydroxylation is 1. The highest BCUT2D eigenvalue weighted by Gasteiger charge is 2.26. The normalized spacial score (nSPS) is 12.9. The van der Waals surface area contributed by atoms with Gasteiger partial charge in [0.2, 0.25) is 5.91 Å². The first-order chi connectivity index (χ1) is 9.95. The van der Waals surface area contributed by atoms with Gasteiger partial charge in [-0.2, -0.15) is 0 Å². The molecule has 0 saturated heterocycles. The molecule has 0 bridgehead atoms. The monoisotopic (exact) mass is 328 g/mol. The van der Waals surface area contributed by atoms with E-state index in [0.717, 1.165) is 25.0 Å². The fourth-order valence-corrected chi connectivity index (χ4v) is 2.09. The third-order valence-electron chi connectivity index (χ3n) is 3.43. The Morgan fingerprint density at radius 2 is 1.91 bits per heavy atom. The molecule has 0 aliphatic heterocycles. The molecule has 4 nitrogen and oxygen atoms in total. The van der Waals surface area contributed by atoms with Crippen molar-refractivity contribution in [1.82, 2.24) is 5.32 Å². The van der Waals surface area contributed by atoms with E-state index in [-0.39, 0.29) is 18.3 Å². The predicted molar refractivity (Wildman–Crippen MR) is 93.7 cm³/mol. The lowest BCUT2D eigenvalue weighted by Crippen LogP contribution is -2.51. The Hall–Kier alpha value is -1.26. The summed E-state index contributed by atoms with van der Waals surface area (Å²) in [6.45, 7) is 7.17. The molecule has 0 aromatic heterocycles. The number of nitrogens with one attached hydrogen (secondary N) is 1. The van der Waals surface area contributed by atoms with E-state index in [0.29, 0.717) is 19.6 Å². The zero-order chi connectivity index (χ0) is 15.7. The molecule has 1 aromatic rings. The Labute approximate surface area is 140 Å². The Balaban J connectivity index is 0.00000441. The highest BCUT2D eigenvalue weighted by Crippen LogP contribution is 2.12. The number of halogens is 1. The van der Waals surface area contributed by atoms with E-state index in [1.165, 1.54) is 5.56 Å². The first-order valence-electron chi connectivity index (χ1n) is 7.72. The Bertz CT molecular complexity index is 433. The van der Waals surface area contributed by atoms with Gasteiger partial charge in [-0.05, 0) is 45.2 Å². The van der Waals surface area contributed by atoms with Gasteiger partial charge in [-0.3, -0.25) is 4.79 Å². The van der Waals surface area contributed by atoms with E-state index in [2.05, 4.69) is 12.2 Å².